The molecule has 3 aliphatic carbocycles. The van der Waals surface area contributed by atoms with Crippen LogP contribution in [0.15, 0.2) is 72.8 Å². The highest BCUT2D eigenvalue weighted by Crippen LogP contribution is 2.63. The Labute approximate surface area is 183 Å². The topological polar surface area (TPSA) is 91.8 Å². The summed E-state index contributed by atoms with van der Waals surface area (Å²) in [6.45, 7) is 0. The fourth-order valence-electron chi connectivity index (χ4n) is 6.06. The number of amides is 2. The van der Waals surface area contributed by atoms with Gasteiger partial charge in [0.15, 0.2) is 0 Å². The lowest BCUT2D eigenvalue weighted by Gasteiger charge is -2.51. The van der Waals surface area contributed by atoms with Crippen LogP contribution in [0.25, 0.3) is 0 Å². The van der Waals surface area contributed by atoms with Crippen LogP contribution in [0.4, 0.5) is 5.69 Å². The van der Waals surface area contributed by atoms with E-state index in [9.17, 15) is 24.3 Å². The monoisotopic (exact) mass is 423 g/mol. The summed E-state index contributed by atoms with van der Waals surface area (Å²) in [4.78, 5) is 53.0. The number of carboxylic acid groups (broad SMARTS) is 1. The van der Waals surface area contributed by atoms with Gasteiger partial charge in [-0.3, -0.25) is 9.59 Å². The minimum atomic E-state index is -1.27. The highest BCUT2D eigenvalue weighted by molar-refractivity contribution is 6.25. The number of aldehydes is 1. The molecule has 3 aromatic carbocycles. The maximum Gasteiger partial charge on any atom is 0.335 e. The van der Waals surface area contributed by atoms with Crippen molar-refractivity contribution in [3.05, 3.63) is 101 Å². The predicted molar refractivity (Wildman–Crippen MR) is 114 cm³/mol. The van der Waals surface area contributed by atoms with Crippen LogP contribution in [0.2, 0.25) is 0 Å². The summed E-state index contributed by atoms with van der Waals surface area (Å²) < 4.78 is 0. The number of carboxylic acids is 1. The molecule has 156 valence electrons. The lowest BCUT2D eigenvalue weighted by atomic mass is 9.48. The van der Waals surface area contributed by atoms with Gasteiger partial charge >= 0.3 is 5.97 Å². The maximum atomic E-state index is 13.8. The number of carbonyl (C=O) groups excluding carboxylic acids is 3. The summed E-state index contributed by atoms with van der Waals surface area (Å²) in [7, 11) is 0. The van der Waals surface area contributed by atoms with Crippen LogP contribution in [0.5, 0.6) is 0 Å². The van der Waals surface area contributed by atoms with Gasteiger partial charge in [-0.05, 0) is 40.5 Å². The number of anilines is 1. The molecule has 1 saturated heterocycles. The third-order valence-corrected chi connectivity index (χ3v) is 7.22. The Hall–Kier alpha value is -4.06. The minimum absolute atomic E-state index is 0.0161. The predicted octanol–water partition coefficient (Wildman–Crippen LogP) is 3.13. The van der Waals surface area contributed by atoms with E-state index in [1.165, 1.54) is 18.2 Å². The van der Waals surface area contributed by atoms with E-state index in [0.717, 1.165) is 33.4 Å². The Morgan fingerprint density at radius 1 is 0.875 bits per heavy atom. The van der Waals surface area contributed by atoms with Crippen LogP contribution < -0.4 is 4.90 Å². The Balaban J connectivity index is 1.61. The Morgan fingerprint density at radius 3 is 2.09 bits per heavy atom. The molecule has 1 N–H and O–H groups in total. The second kappa shape index (κ2) is 6.23. The first-order valence-corrected chi connectivity index (χ1v) is 10.4. The molecule has 1 fully saturated rings. The fourth-order valence-corrected chi connectivity index (χ4v) is 6.06. The molecule has 4 aliphatic rings. The second-order valence-corrected chi connectivity index (χ2v) is 8.51. The van der Waals surface area contributed by atoms with Crippen molar-refractivity contribution in [1.29, 1.82) is 0 Å². The van der Waals surface area contributed by atoms with E-state index in [2.05, 4.69) is 0 Å². The van der Waals surface area contributed by atoms with E-state index in [-0.39, 0.29) is 17.2 Å². The van der Waals surface area contributed by atoms with Crippen molar-refractivity contribution in [2.24, 2.45) is 11.8 Å². The Bertz CT molecular complexity index is 1310. The average Bonchev–Trinajstić information content (AvgIpc) is 3.10. The van der Waals surface area contributed by atoms with Crippen molar-refractivity contribution >= 4 is 29.8 Å². The van der Waals surface area contributed by atoms with Gasteiger partial charge in [-0.15, -0.1) is 0 Å². The lowest BCUT2D eigenvalue weighted by molar-refractivity contribution is -0.128. The number of carbonyl (C=O) groups is 4. The van der Waals surface area contributed by atoms with Gasteiger partial charge < -0.3 is 9.90 Å². The maximum absolute atomic E-state index is 13.8. The number of imide groups is 1. The number of hydrogen-bond acceptors (Lipinski definition) is 4. The molecule has 1 aliphatic heterocycles. The van der Waals surface area contributed by atoms with Gasteiger partial charge in [0.1, 0.15) is 6.29 Å². The molecule has 0 unspecified atom stereocenters. The molecule has 0 aromatic heterocycles. The molecule has 2 atom stereocenters. The zero-order valence-corrected chi connectivity index (χ0v) is 16.8. The summed E-state index contributed by atoms with van der Waals surface area (Å²) >= 11 is 0. The van der Waals surface area contributed by atoms with Crippen LogP contribution in [0, 0.1) is 11.8 Å². The summed E-state index contributed by atoms with van der Waals surface area (Å²) in [6.07, 6.45) is 0.820. The van der Waals surface area contributed by atoms with E-state index in [4.69, 9.17) is 0 Å². The molecule has 32 heavy (non-hydrogen) atoms. The van der Waals surface area contributed by atoms with Gasteiger partial charge in [-0.2, -0.15) is 0 Å². The average molecular weight is 423 g/mol. The van der Waals surface area contributed by atoms with Crippen molar-refractivity contribution in [2.75, 3.05) is 4.90 Å². The molecular formula is C26H17NO5. The minimum Gasteiger partial charge on any atom is -0.478 e. The molecule has 1 heterocycles. The number of nitrogens with zero attached hydrogens (tertiary/aromatic N) is 1. The zero-order valence-electron chi connectivity index (χ0n) is 16.8. The quantitative estimate of drug-likeness (QED) is 0.516. The molecule has 6 heteroatoms. The van der Waals surface area contributed by atoms with Gasteiger partial charge in [0.25, 0.3) is 0 Å². The number of hydrogen-bond donors (Lipinski definition) is 1. The summed E-state index contributed by atoms with van der Waals surface area (Å²) in [5, 5.41) is 9.37. The molecule has 7 rings (SSSR count). The SMILES string of the molecule is O=CC12c3ccccc3C(c3ccccc31)[C@H]1C(=O)N(c3cccc(C(=O)O)c3)C(=O)[C@H]12. The smallest absolute Gasteiger partial charge is 0.335 e. The van der Waals surface area contributed by atoms with Crippen molar-refractivity contribution in [3.8, 4) is 0 Å². The lowest BCUT2D eigenvalue weighted by Crippen LogP contribution is -2.54. The number of aromatic carboxylic acids is 1. The first-order valence-electron chi connectivity index (χ1n) is 10.4. The Kier molecular flexibility index (Phi) is 3.64. The van der Waals surface area contributed by atoms with Gasteiger partial charge in [0.2, 0.25) is 11.8 Å². The molecule has 3 aromatic rings. The summed E-state index contributed by atoms with van der Waals surface area (Å²) in [5.74, 6) is -3.97. The van der Waals surface area contributed by atoms with Gasteiger partial charge in [-0.1, -0.05) is 54.6 Å². The highest BCUT2D eigenvalue weighted by atomic mass is 16.4. The largest absolute Gasteiger partial charge is 0.478 e. The molecule has 0 spiro atoms. The molecule has 0 radical (unpaired) electrons. The molecule has 0 saturated carbocycles. The first kappa shape index (κ1) is 18.7. The van der Waals surface area contributed by atoms with Crippen LogP contribution in [0.3, 0.4) is 0 Å². The highest BCUT2D eigenvalue weighted by Gasteiger charge is 2.68. The first-order chi connectivity index (χ1) is 15.5. The second-order valence-electron chi connectivity index (χ2n) is 8.51. The fraction of sp³-hybridized carbons (Fsp3) is 0.154. The van der Waals surface area contributed by atoms with Gasteiger partial charge in [0, 0.05) is 5.92 Å². The van der Waals surface area contributed by atoms with Crippen molar-refractivity contribution in [2.45, 2.75) is 11.3 Å². The molecule has 2 bridgehead atoms. The number of rotatable bonds is 3. The standard InChI is InChI=1S/C26H17NO5/c28-13-26-18-10-3-1-8-16(18)20(17-9-2-4-11-19(17)26)21-22(26)24(30)27(23(21)29)15-7-5-6-14(12-15)25(31)32/h1-13,20-22H,(H,31,32)/t20?,21-,22+,26?/m1/s1. The third-order valence-electron chi connectivity index (χ3n) is 7.22. The van der Waals surface area contributed by atoms with Crippen molar-refractivity contribution in [1.82, 2.24) is 0 Å². The van der Waals surface area contributed by atoms with Crippen molar-refractivity contribution < 1.29 is 24.3 Å². The van der Waals surface area contributed by atoms with Crippen LogP contribution in [0.1, 0.15) is 38.5 Å². The summed E-state index contributed by atoms with van der Waals surface area (Å²) in [5.41, 5.74) is 2.24. The van der Waals surface area contributed by atoms with Crippen LogP contribution in [-0.2, 0) is 19.8 Å². The van der Waals surface area contributed by atoms with E-state index < -0.39 is 35.0 Å². The third kappa shape index (κ3) is 2.04. The summed E-state index contributed by atoms with van der Waals surface area (Å²) in [6, 6.07) is 20.8. The molecular weight excluding hydrogens is 406 g/mol. The van der Waals surface area contributed by atoms with Gasteiger partial charge in [-0.25, -0.2) is 9.69 Å². The number of benzene rings is 3. The zero-order chi connectivity index (χ0) is 22.2. The van der Waals surface area contributed by atoms with E-state index in [1.54, 1.807) is 6.07 Å². The van der Waals surface area contributed by atoms with E-state index in [1.807, 2.05) is 48.5 Å². The molecule has 6 nitrogen and oxygen atoms in total. The van der Waals surface area contributed by atoms with Crippen LogP contribution >= 0.6 is 0 Å². The normalized spacial score (nSPS) is 27.0. The van der Waals surface area contributed by atoms with Crippen molar-refractivity contribution in [3.63, 3.8) is 0 Å². The van der Waals surface area contributed by atoms with Crippen LogP contribution in [-0.4, -0.2) is 29.2 Å². The van der Waals surface area contributed by atoms with E-state index >= 15 is 0 Å². The van der Waals surface area contributed by atoms with Gasteiger partial charge in [0.05, 0.1) is 28.5 Å². The van der Waals surface area contributed by atoms with E-state index in [0.29, 0.717) is 0 Å². The Morgan fingerprint density at radius 2 is 1.50 bits per heavy atom. The molecule has 2 amide bonds.